The Hall–Kier alpha value is -0.880. The lowest BCUT2D eigenvalue weighted by Gasteiger charge is -2.14. The zero-order valence-corrected chi connectivity index (χ0v) is 12.2. The molecule has 1 heterocycles. The number of nitrogens with zero attached hydrogens (tertiary/aromatic N) is 1. The van der Waals surface area contributed by atoms with Gasteiger partial charge in [0.1, 0.15) is 0 Å². The topological polar surface area (TPSA) is 12.9 Å². The van der Waals surface area contributed by atoms with Crippen molar-refractivity contribution in [1.29, 1.82) is 0 Å². The number of halogens is 4. The summed E-state index contributed by atoms with van der Waals surface area (Å²) in [6, 6.07) is 4.17. The smallest absolute Gasteiger partial charge is 0.241 e. The Balaban J connectivity index is 2.65. The minimum atomic E-state index is -4.39. The molecule has 1 nitrogen and oxygen atoms in total. The largest absolute Gasteiger partial charge is 0.417 e. The van der Waals surface area contributed by atoms with E-state index in [1.54, 1.807) is 11.4 Å². The summed E-state index contributed by atoms with van der Waals surface area (Å²) in [6.45, 7) is 3.69. The van der Waals surface area contributed by atoms with Gasteiger partial charge in [-0.05, 0) is 25.0 Å². The molecule has 2 rings (SSSR count). The van der Waals surface area contributed by atoms with E-state index in [-0.39, 0.29) is 5.56 Å². The highest BCUT2D eigenvalue weighted by Crippen LogP contribution is 2.39. The van der Waals surface area contributed by atoms with Crippen molar-refractivity contribution < 1.29 is 13.2 Å². The molecule has 0 aliphatic rings. The zero-order valence-electron chi connectivity index (χ0n) is 9.80. The number of aromatic nitrogens is 1. The summed E-state index contributed by atoms with van der Waals surface area (Å²) < 4.78 is 39.3. The molecule has 2 aromatic rings. The van der Waals surface area contributed by atoms with Gasteiger partial charge in [0.2, 0.25) is 0 Å². The molecule has 6 heteroatoms. The van der Waals surface area contributed by atoms with Gasteiger partial charge in [-0.1, -0.05) is 28.1 Å². The van der Waals surface area contributed by atoms with Gasteiger partial charge in [-0.25, -0.2) is 4.98 Å². The van der Waals surface area contributed by atoms with Gasteiger partial charge < -0.3 is 0 Å². The molecule has 0 N–H and O–H groups in total. The third-order valence-corrected chi connectivity index (χ3v) is 4.13. The Morgan fingerprint density at radius 1 is 1.32 bits per heavy atom. The summed E-state index contributed by atoms with van der Waals surface area (Å²) in [5.74, 6) is 0. The van der Waals surface area contributed by atoms with Gasteiger partial charge in [0.25, 0.3) is 0 Å². The molecule has 0 amide bonds. The second-order valence-corrected chi connectivity index (χ2v) is 5.35. The molecule has 0 saturated carbocycles. The van der Waals surface area contributed by atoms with E-state index in [0.29, 0.717) is 23.0 Å². The molecule has 1 aromatic carbocycles. The van der Waals surface area contributed by atoms with Crippen LogP contribution in [0.15, 0.2) is 23.6 Å². The molecule has 101 valence electrons. The number of hydrogen-bond donors (Lipinski definition) is 0. The fourth-order valence-corrected chi connectivity index (χ4v) is 2.95. The highest BCUT2D eigenvalue weighted by molar-refractivity contribution is 9.08. The van der Waals surface area contributed by atoms with Gasteiger partial charge in [-0.15, -0.1) is 11.3 Å². The quantitative estimate of drug-likeness (QED) is 0.703. The Kier molecular flexibility index (Phi) is 4.30. The summed E-state index contributed by atoms with van der Waals surface area (Å²) in [5, 5.41) is 2.73. The summed E-state index contributed by atoms with van der Waals surface area (Å²) in [4.78, 5) is 4.22. The first-order valence-electron chi connectivity index (χ1n) is 5.46. The van der Waals surface area contributed by atoms with Gasteiger partial charge in [0.15, 0.2) is 0 Å². The van der Waals surface area contributed by atoms with E-state index in [1.807, 2.05) is 0 Å². The van der Waals surface area contributed by atoms with Crippen LogP contribution in [0.1, 0.15) is 16.1 Å². The lowest BCUT2D eigenvalue weighted by molar-refractivity contribution is -0.137. The van der Waals surface area contributed by atoms with Gasteiger partial charge in [0.05, 0.1) is 16.3 Å². The maximum Gasteiger partial charge on any atom is 0.417 e. The molecule has 0 aliphatic carbocycles. The van der Waals surface area contributed by atoms with Crippen LogP contribution in [0.2, 0.25) is 0 Å². The standard InChI is InChI=1S/C13H10BrF3NS/c1-2-11-18-10(7-19-11)12-8(6-14)4-3-5-9(12)13(15,16)17/h3-5,7H,1-2,6H2. The lowest BCUT2D eigenvalue weighted by atomic mass is 9.99. The minimum absolute atomic E-state index is 0.155. The minimum Gasteiger partial charge on any atom is -0.241 e. The monoisotopic (exact) mass is 348 g/mol. The van der Waals surface area contributed by atoms with Crippen LogP contribution in [0.5, 0.6) is 0 Å². The molecule has 1 aromatic heterocycles. The van der Waals surface area contributed by atoms with Crippen LogP contribution in [0, 0.1) is 6.92 Å². The van der Waals surface area contributed by atoms with Crippen LogP contribution in [-0.4, -0.2) is 4.98 Å². The van der Waals surface area contributed by atoms with E-state index in [9.17, 15) is 13.2 Å². The zero-order chi connectivity index (χ0) is 14.0. The van der Waals surface area contributed by atoms with Crippen molar-refractivity contribution in [2.45, 2.75) is 17.9 Å². The number of benzene rings is 1. The van der Waals surface area contributed by atoms with E-state index >= 15 is 0 Å². The van der Waals surface area contributed by atoms with Gasteiger partial charge in [0, 0.05) is 16.3 Å². The van der Waals surface area contributed by atoms with Crippen LogP contribution in [0.25, 0.3) is 11.3 Å². The molecular weight excluding hydrogens is 339 g/mol. The Morgan fingerprint density at radius 3 is 2.58 bits per heavy atom. The Labute approximate surface area is 121 Å². The van der Waals surface area contributed by atoms with Crippen molar-refractivity contribution in [2.24, 2.45) is 0 Å². The second kappa shape index (κ2) is 5.63. The number of thiazole rings is 1. The average molecular weight is 349 g/mol. The maximum absolute atomic E-state index is 13.1. The van der Waals surface area contributed by atoms with Crippen LogP contribution in [-0.2, 0) is 17.9 Å². The molecule has 0 atom stereocenters. The highest BCUT2D eigenvalue weighted by Gasteiger charge is 2.35. The van der Waals surface area contributed by atoms with E-state index in [2.05, 4.69) is 27.8 Å². The molecule has 0 spiro atoms. The first kappa shape index (κ1) is 14.5. The van der Waals surface area contributed by atoms with Gasteiger partial charge in [-0.2, -0.15) is 13.2 Å². The first-order chi connectivity index (χ1) is 8.97. The molecule has 0 fully saturated rings. The molecule has 0 unspecified atom stereocenters. The predicted molar refractivity (Wildman–Crippen MR) is 74.2 cm³/mol. The maximum atomic E-state index is 13.1. The van der Waals surface area contributed by atoms with Crippen LogP contribution in [0.3, 0.4) is 0 Å². The second-order valence-electron chi connectivity index (χ2n) is 3.85. The van der Waals surface area contributed by atoms with Crippen molar-refractivity contribution in [3.8, 4) is 11.3 Å². The van der Waals surface area contributed by atoms with Crippen LogP contribution >= 0.6 is 27.3 Å². The molecular formula is C13H10BrF3NS. The summed E-state index contributed by atoms with van der Waals surface area (Å²) in [5.41, 5.74) is 0.454. The number of rotatable bonds is 3. The number of hydrogen-bond acceptors (Lipinski definition) is 2. The van der Waals surface area contributed by atoms with E-state index in [0.717, 1.165) is 11.1 Å². The summed E-state index contributed by atoms with van der Waals surface area (Å²) >= 11 is 4.55. The molecule has 0 saturated heterocycles. The molecule has 0 aliphatic heterocycles. The van der Waals surface area contributed by atoms with Crippen molar-refractivity contribution in [3.63, 3.8) is 0 Å². The Bertz CT molecular complexity index is 578. The lowest BCUT2D eigenvalue weighted by Crippen LogP contribution is -2.08. The van der Waals surface area contributed by atoms with Gasteiger partial charge in [-0.3, -0.25) is 0 Å². The van der Waals surface area contributed by atoms with Crippen molar-refractivity contribution in [1.82, 2.24) is 4.98 Å². The van der Waals surface area contributed by atoms with E-state index < -0.39 is 11.7 Å². The fourth-order valence-electron chi connectivity index (χ4n) is 1.79. The van der Waals surface area contributed by atoms with Crippen molar-refractivity contribution >= 4 is 27.3 Å². The summed E-state index contributed by atoms with van der Waals surface area (Å²) in [7, 11) is 0. The normalized spacial score (nSPS) is 11.8. The van der Waals surface area contributed by atoms with E-state index in [1.165, 1.54) is 17.4 Å². The SMILES string of the molecule is [CH2]Cc1nc(-c2c(CBr)cccc2C(F)(F)F)cs1. The third kappa shape index (κ3) is 3.00. The fraction of sp³-hybridized carbons (Fsp3) is 0.231. The van der Waals surface area contributed by atoms with Crippen LogP contribution in [0.4, 0.5) is 13.2 Å². The predicted octanol–water partition coefficient (Wildman–Crippen LogP) is 5.10. The summed E-state index contributed by atoms with van der Waals surface area (Å²) in [6.07, 6.45) is -3.91. The van der Waals surface area contributed by atoms with Crippen LogP contribution < -0.4 is 0 Å². The van der Waals surface area contributed by atoms with Crippen molar-refractivity contribution in [2.75, 3.05) is 0 Å². The molecule has 1 radical (unpaired) electrons. The average Bonchev–Trinajstić information content (AvgIpc) is 2.85. The molecule has 0 bridgehead atoms. The highest BCUT2D eigenvalue weighted by atomic mass is 79.9. The van der Waals surface area contributed by atoms with E-state index in [4.69, 9.17) is 0 Å². The number of alkyl halides is 4. The Morgan fingerprint density at radius 2 is 2.05 bits per heavy atom. The molecule has 19 heavy (non-hydrogen) atoms. The third-order valence-electron chi connectivity index (χ3n) is 2.62. The first-order valence-corrected chi connectivity index (χ1v) is 7.46. The van der Waals surface area contributed by atoms with Gasteiger partial charge >= 0.3 is 6.18 Å². The van der Waals surface area contributed by atoms with Crippen molar-refractivity contribution in [3.05, 3.63) is 46.6 Å².